The van der Waals surface area contributed by atoms with Crippen molar-refractivity contribution >= 4 is 56.4 Å². The average molecular weight is 448 g/mol. The van der Waals surface area contributed by atoms with Crippen molar-refractivity contribution in [1.29, 1.82) is 0 Å². The van der Waals surface area contributed by atoms with E-state index in [9.17, 15) is 14.4 Å². The lowest BCUT2D eigenvalue weighted by atomic mass is 10.1. The number of carbonyl (C=O) groups excluding carboxylic acids is 3. The van der Waals surface area contributed by atoms with Gasteiger partial charge in [0.2, 0.25) is 0 Å². The van der Waals surface area contributed by atoms with Crippen molar-refractivity contribution in [2.45, 2.75) is 6.54 Å². The van der Waals surface area contributed by atoms with Crippen LogP contribution in [0.15, 0.2) is 64.8 Å². The molecule has 1 N–H and O–H groups in total. The zero-order valence-corrected chi connectivity index (χ0v) is 16.6. The second-order valence-electron chi connectivity index (χ2n) is 6.37. The summed E-state index contributed by atoms with van der Waals surface area (Å²) in [4.78, 5) is 38.7. The van der Waals surface area contributed by atoms with Gasteiger partial charge in [-0.1, -0.05) is 40.0 Å². The van der Waals surface area contributed by atoms with Crippen molar-refractivity contribution in [1.82, 2.24) is 9.88 Å². The summed E-state index contributed by atoms with van der Waals surface area (Å²) < 4.78 is 2.67. The molecule has 4 amide bonds. The molecule has 0 radical (unpaired) electrons. The number of carbonyl (C=O) groups is 3. The molecule has 0 atom stereocenters. The molecule has 6 nitrogen and oxygen atoms in total. The van der Waals surface area contributed by atoms with E-state index in [-0.39, 0.29) is 5.57 Å². The first-order valence-corrected chi connectivity index (χ1v) is 9.47. The van der Waals surface area contributed by atoms with Crippen molar-refractivity contribution in [3.8, 4) is 12.3 Å². The Bertz CT molecular complexity index is 1230. The van der Waals surface area contributed by atoms with Gasteiger partial charge in [0.25, 0.3) is 11.8 Å². The van der Waals surface area contributed by atoms with E-state index in [0.29, 0.717) is 17.8 Å². The van der Waals surface area contributed by atoms with Crippen LogP contribution in [0.25, 0.3) is 17.0 Å². The molecule has 1 aliphatic rings. The average Bonchev–Trinajstić information content (AvgIpc) is 3.04. The van der Waals surface area contributed by atoms with Gasteiger partial charge in [0.05, 0.1) is 12.2 Å². The van der Waals surface area contributed by atoms with E-state index in [4.69, 9.17) is 6.42 Å². The zero-order chi connectivity index (χ0) is 20.5. The first kappa shape index (κ1) is 18.7. The van der Waals surface area contributed by atoms with Crippen LogP contribution >= 0.6 is 15.9 Å². The summed E-state index contributed by atoms with van der Waals surface area (Å²) in [6, 6.07) is 13.4. The van der Waals surface area contributed by atoms with Crippen molar-refractivity contribution in [3.05, 3.63) is 70.3 Å². The molecule has 1 saturated heterocycles. The number of hydrogen-bond acceptors (Lipinski definition) is 3. The Morgan fingerprint density at radius 1 is 1.07 bits per heavy atom. The Morgan fingerprint density at radius 3 is 2.52 bits per heavy atom. The highest BCUT2D eigenvalue weighted by molar-refractivity contribution is 9.10. The van der Waals surface area contributed by atoms with Crippen molar-refractivity contribution in [2.75, 3.05) is 4.90 Å². The summed E-state index contributed by atoms with van der Waals surface area (Å²) in [5.41, 5.74) is 1.79. The van der Waals surface area contributed by atoms with Gasteiger partial charge in [-0.15, -0.1) is 6.42 Å². The molecule has 0 spiro atoms. The molecule has 3 aromatic rings. The number of imide groups is 2. The van der Waals surface area contributed by atoms with Gasteiger partial charge >= 0.3 is 6.03 Å². The van der Waals surface area contributed by atoms with E-state index in [1.54, 1.807) is 30.5 Å². The number of fused-ring (bicyclic) bond motifs is 1. The fourth-order valence-corrected chi connectivity index (χ4v) is 3.52. The van der Waals surface area contributed by atoms with Gasteiger partial charge < -0.3 is 4.57 Å². The Morgan fingerprint density at radius 2 is 1.79 bits per heavy atom. The van der Waals surface area contributed by atoms with Gasteiger partial charge in [-0.2, -0.15) is 0 Å². The number of nitrogens with one attached hydrogen (secondary N) is 1. The molecule has 2 aromatic carbocycles. The van der Waals surface area contributed by atoms with Crippen LogP contribution in [0.2, 0.25) is 0 Å². The van der Waals surface area contributed by atoms with Crippen molar-refractivity contribution in [2.24, 2.45) is 0 Å². The first-order chi connectivity index (χ1) is 14.0. The van der Waals surface area contributed by atoms with Gasteiger partial charge in [0, 0.05) is 27.1 Å². The number of benzene rings is 2. The molecule has 1 aliphatic heterocycles. The molecule has 7 heteroatoms. The van der Waals surface area contributed by atoms with Crippen molar-refractivity contribution < 1.29 is 14.4 Å². The van der Waals surface area contributed by atoms with Crippen LogP contribution < -0.4 is 10.2 Å². The largest absolute Gasteiger partial charge is 0.335 e. The number of hydrogen-bond donors (Lipinski definition) is 1. The molecule has 0 bridgehead atoms. The highest BCUT2D eigenvalue weighted by Crippen LogP contribution is 2.27. The number of halogens is 1. The number of terminal acetylenes is 1. The van der Waals surface area contributed by atoms with Gasteiger partial charge in [0.1, 0.15) is 5.57 Å². The number of amides is 4. The van der Waals surface area contributed by atoms with Gasteiger partial charge in [-0.3, -0.25) is 14.9 Å². The molecular formula is C22H14BrN3O3. The highest BCUT2D eigenvalue weighted by Gasteiger charge is 2.36. The van der Waals surface area contributed by atoms with Crippen LogP contribution in [-0.4, -0.2) is 22.4 Å². The Labute approximate surface area is 174 Å². The Hall–Kier alpha value is -3.63. The molecular weight excluding hydrogens is 434 g/mol. The zero-order valence-electron chi connectivity index (χ0n) is 15.1. The molecule has 0 aliphatic carbocycles. The quantitative estimate of drug-likeness (QED) is 0.378. The molecule has 4 rings (SSSR count). The standard InChI is InChI=1S/C22H14BrN3O3/c1-2-11-25-13-14(17-5-3-4-6-19(17)25)12-18-20(27)24-22(29)26(21(18)28)16-9-7-15(23)8-10-16/h1,3-10,12-13H,11H2,(H,24,27,29). The number of barbiturate groups is 1. The van der Waals surface area contributed by atoms with Crippen LogP contribution in [0.5, 0.6) is 0 Å². The molecule has 1 fully saturated rings. The number of anilines is 1. The Balaban J connectivity index is 1.81. The van der Waals surface area contributed by atoms with Crippen LogP contribution in [0, 0.1) is 12.3 Å². The molecule has 0 unspecified atom stereocenters. The Kier molecular flexibility index (Phi) is 4.79. The summed E-state index contributed by atoms with van der Waals surface area (Å²) in [7, 11) is 0. The van der Waals surface area contributed by atoms with E-state index < -0.39 is 17.8 Å². The van der Waals surface area contributed by atoms with E-state index >= 15 is 0 Å². The summed E-state index contributed by atoms with van der Waals surface area (Å²) in [6.45, 7) is 0.354. The number of para-hydroxylation sites is 1. The predicted molar refractivity (Wildman–Crippen MR) is 114 cm³/mol. The molecule has 29 heavy (non-hydrogen) atoms. The third kappa shape index (κ3) is 3.35. The van der Waals surface area contributed by atoms with Crippen LogP contribution in [-0.2, 0) is 16.1 Å². The fourth-order valence-electron chi connectivity index (χ4n) is 3.26. The maximum absolute atomic E-state index is 13.0. The monoisotopic (exact) mass is 447 g/mol. The second-order valence-corrected chi connectivity index (χ2v) is 7.28. The van der Waals surface area contributed by atoms with E-state index in [2.05, 4.69) is 27.2 Å². The lowest BCUT2D eigenvalue weighted by Crippen LogP contribution is -2.54. The summed E-state index contributed by atoms with van der Waals surface area (Å²) in [6.07, 6.45) is 8.73. The van der Waals surface area contributed by atoms with Crippen LogP contribution in [0.4, 0.5) is 10.5 Å². The minimum Gasteiger partial charge on any atom is -0.335 e. The molecule has 142 valence electrons. The first-order valence-electron chi connectivity index (χ1n) is 8.68. The summed E-state index contributed by atoms with van der Waals surface area (Å²) >= 11 is 3.32. The van der Waals surface area contributed by atoms with Crippen molar-refractivity contribution in [3.63, 3.8) is 0 Å². The lowest BCUT2D eigenvalue weighted by Gasteiger charge is -2.26. The van der Waals surface area contributed by atoms with E-state index in [0.717, 1.165) is 20.3 Å². The third-order valence-corrected chi connectivity index (χ3v) is 5.10. The van der Waals surface area contributed by atoms with Gasteiger partial charge in [0.15, 0.2) is 0 Å². The molecule has 2 heterocycles. The third-order valence-electron chi connectivity index (χ3n) is 4.57. The fraction of sp³-hybridized carbons (Fsp3) is 0.0455. The SMILES string of the molecule is C#CCn1cc(C=C2C(=O)NC(=O)N(c3ccc(Br)cc3)C2=O)c2ccccc21. The topological polar surface area (TPSA) is 71.4 Å². The predicted octanol–water partition coefficient (Wildman–Crippen LogP) is 3.70. The minimum atomic E-state index is -0.783. The minimum absolute atomic E-state index is 0.129. The number of nitrogens with zero attached hydrogens (tertiary/aromatic N) is 2. The maximum Gasteiger partial charge on any atom is 0.335 e. The van der Waals surface area contributed by atoms with E-state index in [1.807, 2.05) is 28.8 Å². The second kappa shape index (κ2) is 7.41. The van der Waals surface area contributed by atoms with Gasteiger partial charge in [-0.05, 0) is 36.4 Å². The highest BCUT2D eigenvalue weighted by atomic mass is 79.9. The molecule has 0 saturated carbocycles. The number of rotatable bonds is 3. The number of urea groups is 1. The maximum atomic E-state index is 13.0. The van der Waals surface area contributed by atoms with Crippen LogP contribution in [0.1, 0.15) is 5.56 Å². The van der Waals surface area contributed by atoms with Gasteiger partial charge in [-0.25, -0.2) is 9.69 Å². The summed E-state index contributed by atoms with van der Waals surface area (Å²) in [5, 5.41) is 3.08. The molecule has 1 aromatic heterocycles. The number of aromatic nitrogens is 1. The van der Waals surface area contributed by atoms with E-state index in [1.165, 1.54) is 6.08 Å². The normalized spacial score (nSPS) is 15.7. The van der Waals surface area contributed by atoms with Crippen LogP contribution in [0.3, 0.4) is 0 Å². The smallest absolute Gasteiger partial charge is 0.335 e. The lowest BCUT2D eigenvalue weighted by molar-refractivity contribution is -0.122. The summed E-state index contributed by atoms with van der Waals surface area (Å²) in [5.74, 6) is 1.17.